The van der Waals surface area contributed by atoms with Crippen LogP contribution in [0.25, 0.3) is 0 Å². The molecule has 1 aromatic carbocycles. The summed E-state index contributed by atoms with van der Waals surface area (Å²) in [5.41, 5.74) is 0.258. The zero-order valence-corrected chi connectivity index (χ0v) is 15.3. The van der Waals surface area contributed by atoms with Crippen molar-refractivity contribution in [3.63, 3.8) is 0 Å². The third-order valence-corrected chi connectivity index (χ3v) is 5.33. The molecule has 10 nitrogen and oxygen atoms in total. The van der Waals surface area contributed by atoms with Crippen molar-refractivity contribution in [2.75, 3.05) is 37.3 Å². The van der Waals surface area contributed by atoms with Crippen LogP contribution < -0.4 is 4.90 Å². The first-order chi connectivity index (χ1) is 12.2. The summed E-state index contributed by atoms with van der Waals surface area (Å²) in [5, 5.41) is 14.8. The predicted molar refractivity (Wildman–Crippen MR) is 92.7 cm³/mol. The molecule has 0 saturated carbocycles. The zero-order chi connectivity index (χ0) is 18.9. The third kappa shape index (κ3) is 3.99. The van der Waals surface area contributed by atoms with Gasteiger partial charge in [0.05, 0.1) is 22.1 Å². The van der Waals surface area contributed by atoms with E-state index in [4.69, 9.17) is 4.52 Å². The van der Waals surface area contributed by atoms with Crippen LogP contribution in [0.4, 0.5) is 11.4 Å². The number of hydrogen-bond acceptors (Lipinski definition) is 9. The second-order valence-corrected chi connectivity index (χ2v) is 8.16. The fourth-order valence-corrected chi connectivity index (χ4v) is 3.84. The molecule has 0 spiro atoms. The van der Waals surface area contributed by atoms with Gasteiger partial charge in [-0.05, 0) is 6.07 Å². The van der Waals surface area contributed by atoms with Crippen LogP contribution in [0, 0.1) is 17.0 Å². The highest BCUT2D eigenvalue weighted by Crippen LogP contribution is 2.30. The van der Waals surface area contributed by atoms with Crippen LogP contribution in [0.3, 0.4) is 0 Å². The van der Waals surface area contributed by atoms with Crippen LogP contribution >= 0.6 is 0 Å². The number of benzene rings is 1. The number of non-ortho nitro benzene ring substituents is 1. The number of hydrogen-bond donors (Lipinski definition) is 0. The van der Waals surface area contributed by atoms with Crippen molar-refractivity contribution in [1.82, 2.24) is 15.0 Å². The molecule has 1 saturated heterocycles. The van der Waals surface area contributed by atoms with Crippen LogP contribution in [-0.2, 0) is 16.4 Å². The molecule has 0 radical (unpaired) electrons. The van der Waals surface area contributed by atoms with Crippen molar-refractivity contribution in [2.45, 2.75) is 18.4 Å². The van der Waals surface area contributed by atoms with Gasteiger partial charge in [0.25, 0.3) is 5.69 Å². The Bertz CT molecular complexity index is 918. The van der Waals surface area contributed by atoms with E-state index in [1.807, 2.05) is 4.90 Å². The highest BCUT2D eigenvalue weighted by atomic mass is 32.2. The minimum Gasteiger partial charge on any atom is -0.368 e. The number of nitro benzene ring substituents is 1. The molecule has 1 aliphatic heterocycles. The number of nitrogens with zero attached hydrogens (tertiary/aromatic N) is 5. The number of aryl methyl sites for hydroxylation is 1. The summed E-state index contributed by atoms with van der Waals surface area (Å²) in [5.74, 6) is 1.13. The molecule has 3 rings (SSSR count). The molecule has 0 unspecified atom stereocenters. The number of nitro groups is 1. The van der Waals surface area contributed by atoms with Gasteiger partial charge in [0.1, 0.15) is 0 Å². The topological polar surface area (TPSA) is 123 Å². The monoisotopic (exact) mass is 381 g/mol. The maximum absolute atomic E-state index is 12.1. The molecular weight excluding hydrogens is 362 g/mol. The summed E-state index contributed by atoms with van der Waals surface area (Å²) in [6.45, 7) is 4.86. The summed E-state index contributed by atoms with van der Waals surface area (Å²) < 4.78 is 29.1. The Morgan fingerprint density at radius 3 is 2.50 bits per heavy atom. The largest absolute Gasteiger partial charge is 0.368 e. The Kier molecular flexibility index (Phi) is 4.92. The molecule has 26 heavy (non-hydrogen) atoms. The first-order valence-electron chi connectivity index (χ1n) is 7.99. The van der Waals surface area contributed by atoms with Gasteiger partial charge in [0.2, 0.25) is 5.89 Å². The van der Waals surface area contributed by atoms with Crippen molar-refractivity contribution in [1.29, 1.82) is 0 Å². The van der Waals surface area contributed by atoms with Crippen LogP contribution in [0.5, 0.6) is 0 Å². The third-order valence-electron chi connectivity index (χ3n) is 4.20. The Hall–Kier alpha value is -2.53. The summed E-state index contributed by atoms with van der Waals surface area (Å²) >= 11 is 0. The second-order valence-electron chi connectivity index (χ2n) is 6.17. The molecule has 2 heterocycles. The van der Waals surface area contributed by atoms with Crippen molar-refractivity contribution >= 4 is 21.2 Å². The maximum Gasteiger partial charge on any atom is 0.270 e. The van der Waals surface area contributed by atoms with Crippen LogP contribution in [0.15, 0.2) is 27.6 Å². The summed E-state index contributed by atoms with van der Waals surface area (Å²) in [6, 6.07) is 3.96. The first-order valence-corrected chi connectivity index (χ1v) is 9.88. The van der Waals surface area contributed by atoms with E-state index in [0.29, 0.717) is 50.1 Å². The fourth-order valence-electron chi connectivity index (χ4n) is 2.93. The highest BCUT2D eigenvalue weighted by molar-refractivity contribution is 7.90. The van der Waals surface area contributed by atoms with Gasteiger partial charge in [0.15, 0.2) is 15.7 Å². The van der Waals surface area contributed by atoms with Crippen LogP contribution in [-0.4, -0.2) is 60.8 Å². The Morgan fingerprint density at radius 2 is 1.96 bits per heavy atom. The van der Waals surface area contributed by atoms with Gasteiger partial charge in [-0.3, -0.25) is 15.0 Å². The molecule has 2 aromatic rings. The first kappa shape index (κ1) is 18.3. The van der Waals surface area contributed by atoms with E-state index in [1.54, 1.807) is 6.92 Å². The molecule has 1 aliphatic rings. The summed E-state index contributed by atoms with van der Waals surface area (Å²) in [7, 11) is -3.59. The number of anilines is 1. The van der Waals surface area contributed by atoms with E-state index in [9.17, 15) is 18.5 Å². The summed E-state index contributed by atoms with van der Waals surface area (Å²) in [6.07, 6.45) is 1.06. The van der Waals surface area contributed by atoms with Crippen LogP contribution in [0.1, 0.15) is 11.7 Å². The van der Waals surface area contributed by atoms with Crippen molar-refractivity contribution in [3.8, 4) is 0 Å². The van der Waals surface area contributed by atoms with Gasteiger partial charge in [0, 0.05) is 51.5 Å². The van der Waals surface area contributed by atoms with Gasteiger partial charge >= 0.3 is 0 Å². The van der Waals surface area contributed by atoms with Gasteiger partial charge in [-0.15, -0.1) is 0 Å². The van der Waals surface area contributed by atoms with E-state index < -0.39 is 14.8 Å². The van der Waals surface area contributed by atoms with Gasteiger partial charge in [-0.1, -0.05) is 5.16 Å². The van der Waals surface area contributed by atoms with E-state index in [0.717, 1.165) is 12.3 Å². The Labute approximate surface area is 150 Å². The van der Waals surface area contributed by atoms with E-state index >= 15 is 0 Å². The average molecular weight is 381 g/mol. The number of aromatic nitrogens is 2. The zero-order valence-electron chi connectivity index (χ0n) is 14.5. The molecule has 0 aliphatic carbocycles. The molecule has 140 valence electrons. The lowest BCUT2D eigenvalue weighted by atomic mass is 10.2. The van der Waals surface area contributed by atoms with Gasteiger partial charge < -0.3 is 9.42 Å². The van der Waals surface area contributed by atoms with Gasteiger partial charge in [-0.25, -0.2) is 8.42 Å². The van der Waals surface area contributed by atoms with Gasteiger partial charge in [-0.2, -0.15) is 4.98 Å². The van der Waals surface area contributed by atoms with E-state index in [1.165, 1.54) is 12.1 Å². The predicted octanol–water partition coefficient (Wildman–Crippen LogP) is 1.01. The van der Waals surface area contributed by atoms with Crippen molar-refractivity contribution < 1.29 is 17.9 Å². The number of piperazine rings is 1. The van der Waals surface area contributed by atoms with E-state index in [-0.39, 0.29) is 10.6 Å². The molecule has 1 fully saturated rings. The molecule has 0 atom stereocenters. The SMILES string of the molecule is Cc1nc(CN2CCN(c3ccc([N+](=O)[O-])cc3S(C)(=O)=O)CC2)no1. The Balaban J connectivity index is 1.75. The molecular formula is C15H19N5O5S. The maximum atomic E-state index is 12.1. The molecule has 11 heteroatoms. The second kappa shape index (κ2) is 7.00. The highest BCUT2D eigenvalue weighted by Gasteiger charge is 2.25. The molecule has 0 N–H and O–H groups in total. The lowest BCUT2D eigenvalue weighted by Gasteiger charge is -2.36. The fraction of sp³-hybridized carbons (Fsp3) is 0.467. The molecule has 0 bridgehead atoms. The van der Waals surface area contributed by atoms with Crippen molar-refractivity contribution in [3.05, 3.63) is 40.0 Å². The summed E-state index contributed by atoms with van der Waals surface area (Å²) in [4.78, 5) is 18.6. The average Bonchev–Trinajstić information content (AvgIpc) is 2.99. The number of rotatable bonds is 5. The lowest BCUT2D eigenvalue weighted by molar-refractivity contribution is -0.385. The quantitative estimate of drug-likeness (QED) is 0.551. The lowest BCUT2D eigenvalue weighted by Crippen LogP contribution is -2.46. The van der Waals surface area contributed by atoms with Crippen molar-refractivity contribution in [2.24, 2.45) is 0 Å². The van der Waals surface area contributed by atoms with E-state index in [2.05, 4.69) is 15.0 Å². The normalized spacial score (nSPS) is 16.0. The Morgan fingerprint density at radius 1 is 1.27 bits per heavy atom. The smallest absolute Gasteiger partial charge is 0.270 e. The minimum atomic E-state index is -3.59. The minimum absolute atomic E-state index is 0.0195. The standard InChI is InChI=1S/C15H19N5O5S/c1-11-16-15(17-25-11)10-18-5-7-19(8-6-18)13-4-3-12(20(21)22)9-14(13)26(2,23)24/h3-4,9H,5-8,10H2,1-2H3. The molecule has 1 aromatic heterocycles. The molecule has 0 amide bonds. The number of sulfone groups is 1. The van der Waals surface area contributed by atoms with Crippen LogP contribution in [0.2, 0.25) is 0 Å².